The zero-order valence-electron chi connectivity index (χ0n) is 11.6. The highest BCUT2D eigenvalue weighted by Crippen LogP contribution is 2.20. The maximum absolute atomic E-state index is 13.0. The molecule has 5 heteroatoms. The minimum Gasteiger partial charge on any atom is -0.483 e. The predicted molar refractivity (Wildman–Crippen MR) is 77.6 cm³/mol. The summed E-state index contributed by atoms with van der Waals surface area (Å²) in [5, 5.41) is 11.8. The van der Waals surface area contributed by atoms with E-state index in [1.807, 2.05) is 13.0 Å². The molecule has 2 aromatic carbocycles. The first-order chi connectivity index (χ1) is 10.1. The fourth-order valence-electron chi connectivity index (χ4n) is 1.88. The molecule has 0 fully saturated rings. The molecule has 0 aromatic heterocycles. The molecule has 0 unspecified atom stereocenters. The fourth-order valence-corrected chi connectivity index (χ4v) is 1.88. The number of aliphatic hydroxyl groups excluding tert-OH is 1. The molecule has 0 bridgehead atoms. The molecule has 0 atom stereocenters. The number of benzene rings is 2. The van der Waals surface area contributed by atoms with Gasteiger partial charge in [-0.05, 0) is 31.2 Å². The van der Waals surface area contributed by atoms with Crippen LogP contribution in [0.5, 0.6) is 5.75 Å². The highest BCUT2D eigenvalue weighted by Gasteiger charge is 2.07. The number of carbonyl (C=O) groups is 1. The Morgan fingerprint density at radius 1 is 1.29 bits per heavy atom. The van der Waals surface area contributed by atoms with E-state index in [0.29, 0.717) is 17.0 Å². The molecule has 0 aliphatic rings. The van der Waals surface area contributed by atoms with Gasteiger partial charge in [-0.25, -0.2) is 4.39 Å². The van der Waals surface area contributed by atoms with Crippen molar-refractivity contribution in [3.63, 3.8) is 0 Å². The summed E-state index contributed by atoms with van der Waals surface area (Å²) in [6, 6.07) is 11.0. The van der Waals surface area contributed by atoms with E-state index in [-0.39, 0.29) is 13.2 Å². The number of ether oxygens (including phenoxy) is 1. The molecule has 0 saturated heterocycles. The summed E-state index contributed by atoms with van der Waals surface area (Å²) >= 11 is 0. The van der Waals surface area contributed by atoms with Gasteiger partial charge in [0, 0.05) is 11.3 Å². The van der Waals surface area contributed by atoms with E-state index in [1.54, 1.807) is 18.2 Å². The average molecular weight is 289 g/mol. The van der Waals surface area contributed by atoms with Crippen molar-refractivity contribution in [2.24, 2.45) is 0 Å². The average Bonchev–Trinajstić information content (AvgIpc) is 2.45. The van der Waals surface area contributed by atoms with Gasteiger partial charge in [0.05, 0.1) is 6.61 Å². The van der Waals surface area contributed by atoms with Gasteiger partial charge in [0.1, 0.15) is 11.6 Å². The minimum absolute atomic E-state index is 0.164. The summed E-state index contributed by atoms with van der Waals surface area (Å²) in [4.78, 5) is 11.7. The maximum atomic E-state index is 13.0. The number of amides is 1. The number of carbonyl (C=O) groups excluding carboxylic acids is 1. The smallest absolute Gasteiger partial charge is 0.262 e. The topological polar surface area (TPSA) is 58.6 Å². The number of halogens is 1. The van der Waals surface area contributed by atoms with Crippen molar-refractivity contribution in [2.75, 3.05) is 11.9 Å². The summed E-state index contributed by atoms with van der Waals surface area (Å²) in [5.74, 6) is -0.364. The first kappa shape index (κ1) is 15.0. The van der Waals surface area contributed by atoms with E-state index < -0.39 is 11.7 Å². The summed E-state index contributed by atoms with van der Waals surface area (Å²) in [7, 11) is 0. The molecular weight excluding hydrogens is 273 g/mol. The molecule has 1 amide bonds. The van der Waals surface area contributed by atoms with Crippen molar-refractivity contribution in [1.82, 2.24) is 0 Å². The van der Waals surface area contributed by atoms with Crippen LogP contribution in [0.3, 0.4) is 0 Å². The molecule has 2 aromatic rings. The van der Waals surface area contributed by atoms with Crippen molar-refractivity contribution in [2.45, 2.75) is 13.5 Å². The molecule has 0 saturated carbocycles. The second-order valence-electron chi connectivity index (χ2n) is 4.62. The van der Waals surface area contributed by atoms with Crippen LogP contribution in [0, 0.1) is 12.7 Å². The normalized spacial score (nSPS) is 10.2. The number of hydrogen-bond acceptors (Lipinski definition) is 3. The summed E-state index contributed by atoms with van der Waals surface area (Å²) in [6.07, 6.45) is 0. The minimum atomic E-state index is -0.421. The van der Waals surface area contributed by atoms with Crippen molar-refractivity contribution in [3.05, 3.63) is 59.4 Å². The Balaban J connectivity index is 1.95. The van der Waals surface area contributed by atoms with Crippen LogP contribution in [-0.2, 0) is 11.4 Å². The zero-order chi connectivity index (χ0) is 15.2. The highest BCUT2D eigenvalue weighted by molar-refractivity contribution is 5.91. The summed E-state index contributed by atoms with van der Waals surface area (Å²) in [6.45, 7) is 1.52. The Morgan fingerprint density at radius 2 is 2.10 bits per heavy atom. The maximum Gasteiger partial charge on any atom is 0.262 e. The highest BCUT2D eigenvalue weighted by atomic mass is 19.1. The lowest BCUT2D eigenvalue weighted by atomic mass is 10.1. The summed E-state index contributed by atoms with van der Waals surface area (Å²) in [5.41, 5.74) is 1.99. The first-order valence-electron chi connectivity index (χ1n) is 6.47. The lowest BCUT2D eigenvalue weighted by molar-refractivity contribution is -0.118. The third kappa shape index (κ3) is 4.29. The van der Waals surface area contributed by atoms with Gasteiger partial charge < -0.3 is 15.2 Å². The number of aryl methyl sites for hydroxylation is 1. The molecule has 2 N–H and O–H groups in total. The van der Waals surface area contributed by atoms with Gasteiger partial charge in [-0.1, -0.05) is 23.8 Å². The number of anilines is 1. The SMILES string of the molecule is Cc1ccc(OCC(=O)Nc2cccc(F)c2)c(CO)c1. The molecule has 0 radical (unpaired) electrons. The molecule has 21 heavy (non-hydrogen) atoms. The van der Waals surface area contributed by atoms with Crippen LogP contribution in [0.4, 0.5) is 10.1 Å². The lowest BCUT2D eigenvalue weighted by Gasteiger charge is -2.11. The van der Waals surface area contributed by atoms with Crippen molar-refractivity contribution < 1.29 is 19.0 Å². The first-order valence-corrected chi connectivity index (χ1v) is 6.47. The van der Waals surface area contributed by atoms with Crippen LogP contribution in [0.15, 0.2) is 42.5 Å². The van der Waals surface area contributed by atoms with Gasteiger partial charge in [0.25, 0.3) is 5.91 Å². The van der Waals surface area contributed by atoms with Crippen LogP contribution in [0.1, 0.15) is 11.1 Å². The van der Waals surface area contributed by atoms with Gasteiger partial charge >= 0.3 is 0 Å². The van der Waals surface area contributed by atoms with Crippen molar-refractivity contribution in [1.29, 1.82) is 0 Å². The van der Waals surface area contributed by atoms with E-state index in [4.69, 9.17) is 4.74 Å². The molecule has 0 heterocycles. The van der Waals surface area contributed by atoms with Crippen LogP contribution in [-0.4, -0.2) is 17.6 Å². The number of aliphatic hydroxyl groups is 1. The fraction of sp³-hybridized carbons (Fsp3) is 0.188. The Kier molecular flexibility index (Phi) is 4.90. The van der Waals surface area contributed by atoms with E-state index in [2.05, 4.69) is 5.32 Å². The summed E-state index contributed by atoms with van der Waals surface area (Å²) < 4.78 is 18.4. The largest absolute Gasteiger partial charge is 0.483 e. The molecule has 0 aliphatic carbocycles. The second kappa shape index (κ2) is 6.85. The van der Waals surface area contributed by atoms with Crippen LogP contribution >= 0.6 is 0 Å². The second-order valence-corrected chi connectivity index (χ2v) is 4.62. The van der Waals surface area contributed by atoms with Gasteiger partial charge in [0.2, 0.25) is 0 Å². The van der Waals surface area contributed by atoms with Crippen LogP contribution in [0.25, 0.3) is 0 Å². The van der Waals surface area contributed by atoms with Gasteiger partial charge in [-0.3, -0.25) is 4.79 Å². The third-order valence-electron chi connectivity index (χ3n) is 2.85. The van der Waals surface area contributed by atoms with Crippen molar-refractivity contribution >= 4 is 11.6 Å². The molecular formula is C16H16FNO3. The quantitative estimate of drug-likeness (QED) is 0.889. The lowest BCUT2D eigenvalue weighted by Crippen LogP contribution is -2.20. The van der Waals surface area contributed by atoms with Crippen molar-refractivity contribution in [3.8, 4) is 5.75 Å². The van der Waals surface area contributed by atoms with Crippen LogP contribution in [0.2, 0.25) is 0 Å². The molecule has 0 spiro atoms. The molecule has 4 nitrogen and oxygen atoms in total. The monoisotopic (exact) mass is 289 g/mol. The van der Waals surface area contributed by atoms with Gasteiger partial charge in [-0.15, -0.1) is 0 Å². The predicted octanol–water partition coefficient (Wildman–Crippen LogP) is 2.64. The standard InChI is InChI=1S/C16H16FNO3/c1-11-5-6-15(12(7-11)9-19)21-10-16(20)18-14-4-2-3-13(17)8-14/h2-8,19H,9-10H2,1H3,(H,18,20). The Morgan fingerprint density at radius 3 is 2.81 bits per heavy atom. The Bertz CT molecular complexity index is 643. The molecule has 110 valence electrons. The number of hydrogen-bond donors (Lipinski definition) is 2. The Labute approximate surface area is 122 Å². The van der Waals surface area contributed by atoms with Crippen LogP contribution < -0.4 is 10.1 Å². The molecule has 0 aliphatic heterocycles. The van der Waals surface area contributed by atoms with E-state index >= 15 is 0 Å². The number of rotatable bonds is 5. The molecule has 2 rings (SSSR count). The number of nitrogens with one attached hydrogen (secondary N) is 1. The van der Waals surface area contributed by atoms with E-state index in [1.165, 1.54) is 18.2 Å². The zero-order valence-corrected chi connectivity index (χ0v) is 11.6. The van der Waals surface area contributed by atoms with E-state index in [9.17, 15) is 14.3 Å². The Hall–Kier alpha value is -2.40. The van der Waals surface area contributed by atoms with Gasteiger partial charge in [0.15, 0.2) is 6.61 Å². The third-order valence-corrected chi connectivity index (χ3v) is 2.85. The van der Waals surface area contributed by atoms with E-state index in [0.717, 1.165) is 5.56 Å². The van der Waals surface area contributed by atoms with Gasteiger partial charge in [-0.2, -0.15) is 0 Å².